The molecule has 8 heteroatoms. The van der Waals surface area contributed by atoms with E-state index in [2.05, 4.69) is 15.8 Å². The van der Waals surface area contributed by atoms with Gasteiger partial charge in [0.05, 0.1) is 17.7 Å². The van der Waals surface area contributed by atoms with Gasteiger partial charge in [0, 0.05) is 11.8 Å². The van der Waals surface area contributed by atoms with E-state index in [4.69, 9.17) is 0 Å². The number of phenolic OH excluding ortho intramolecular Hbond substituents is 1. The maximum atomic E-state index is 11.7. The van der Waals surface area contributed by atoms with Crippen molar-refractivity contribution in [3.63, 3.8) is 0 Å². The van der Waals surface area contributed by atoms with Crippen LogP contribution in [0.4, 0.5) is 11.4 Å². The zero-order valence-corrected chi connectivity index (χ0v) is 12.9. The van der Waals surface area contributed by atoms with Gasteiger partial charge in [0.1, 0.15) is 0 Å². The first-order chi connectivity index (χ1) is 11.5. The number of nitrogens with zero attached hydrogens (tertiary/aromatic N) is 2. The van der Waals surface area contributed by atoms with Crippen molar-refractivity contribution in [3.8, 4) is 5.75 Å². The van der Waals surface area contributed by atoms with E-state index in [0.717, 1.165) is 17.3 Å². The van der Waals surface area contributed by atoms with E-state index >= 15 is 0 Å². The minimum atomic E-state index is -0.685. The van der Waals surface area contributed by atoms with E-state index < -0.39 is 16.4 Å². The first kappa shape index (κ1) is 16.9. The lowest BCUT2D eigenvalue weighted by Crippen LogP contribution is -2.26. The van der Waals surface area contributed by atoms with Gasteiger partial charge in [-0.05, 0) is 36.2 Å². The number of nitrogens with one attached hydrogen (secondary N) is 2. The fourth-order valence-electron chi connectivity index (χ4n) is 1.94. The quantitative estimate of drug-likeness (QED) is 0.427. The normalized spacial score (nSPS) is 10.5. The smallest absolute Gasteiger partial charge is 0.310 e. The van der Waals surface area contributed by atoms with Gasteiger partial charge < -0.3 is 10.4 Å². The number of hydrazone groups is 1. The molecular weight excluding hydrogens is 312 g/mol. The molecule has 2 aromatic rings. The fraction of sp³-hybridized carbons (Fsp3) is 0.125. The number of rotatable bonds is 6. The van der Waals surface area contributed by atoms with Crippen LogP contribution in [0.25, 0.3) is 0 Å². The standard InChI is InChI=1S/C16H16N4O4/c1-11-4-2-3-5-13(11)17-10-16(22)19-18-9-12-6-7-14(20(23)24)15(21)8-12/h2-9,17,21H,10H2,1H3,(H,19,22)/b18-9-. The molecule has 0 aliphatic heterocycles. The van der Waals surface area contributed by atoms with Crippen LogP contribution in [-0.4, -0.2) is 28.7 Å². The largest absolute Gasteiger partial charge is 0.502 e. The Morgan fingerprint density at radius 1 is 1.33 bits per heavy atom. The van der Waals surface area contributed by atoms with E-state index in [1.54, 1.807) is 0 Å². The van der Waals surface area contributed by atoms with Crippen LogP contribution in [-0.2, 0) is 4.79 Å². The molecule has 0 heterocycles. The molecule has 1 amide bonds. The monoisotopic (exact) mass is 328 g/mol. The van der Waals surface area contributed by atoms with Gasteiger partial charge in [0.25, 0.3) is 5.91 Å². The number of aromatic hydroxyl groups is 1. The zero-order chi connectivity index (χ0) is 17.5. The highest BCUT2D eigenvalue weighted by Gasteiger charge is 2.12. The first-order valence-electron chi connectivity index (χ1n) is 7.06. The van der Waals surface area contributed by atoms with Crippen LogP contribution in [0.5, 0.6) is 5.75 Å². The average Bonchev–Trinajstić information content (AvgIpc) is 2.54. The van der Waals surface area contributed by atoms with Gasteiger partial charge in [-0.15, -0.1) is 0 Å². The third-order valence-corrected chi connectivity index (χ3v) is 3.18. The molecule has 0 unspecified atom stereocenters. The van der Waals surface area contributed by atoms with Gasteiger partial charge >= 0.3 is 5.69 Å². The summed E-state index contributed by atoms with van der Waals surface area (Å²) >= 11 is 0. The van der Waals surface area contributed by atoms with Gasteiger partial charge in [0.15, 0.2) is 5.75 Å². The molecular formula is C16H16N4O4. The van der Waals surface area contributed by atoms with Crippen molar-refractivity contribution in [2.24, 2.45) is 5.10 Å². The summed E-state index contributed by atoms with van der Waals surface area (Å²) in [5.41, 5.74) is 4.24. The topological polar surface area (TPSA) is 117 Å². The summed E-state index contributed by atoms with van der Waals surface area (Å²) in [6, 6.07) is 11.3. The number of hydrogen-bond acceptors (Lipinski definition) is 6. The zero-order valence-electron chi connectivity index (χ0n) is 12.9. The van der Waals surface area contributed by atoms with Gasteiger partial charge in [-0.1, -0.05) is 18.2 Å². The molecule has 24 heavy (non-hydrogen) atoms. The van der Waals surface area contributed by atoms with Gasteiger partial charge in [-0.3, -0.25) is 14.9 Å². The number of amides is 1. The molecule has 8 nitrogen and oxygen atoms in total. The second-order valence-corrected chi connectivity index (χ2v) is 4.97. The van der Waals surface area contributed by atoms with Crippen LogP contribution in [0.1, 0.15) is 11.1 Å². The Kier molecular flexibility index (Phi) is 5.45. The van der Waals surface area contributed by atoms with Crippen molar-refractivity contribution in [2.75, 3.05) is 11.9 Å². The predicted octanol–water partition coefficient (Wildman–Crippen LogP) is 2.17. The molecule has 0 aliphatic rings. The van der Waals surface area contributed by atoms with Crippen molar-refractivity contribution in [3.05, 3.63) is 63.7 Å². The third-order valence-electron chi connectivity index (χ3n) is 3.18. The van der Waals surface area contributed by atoms with E-state index in [1.165, 1.54) is 18.3 Å². The van der Waals surface area contributed by atoms with E-state index in [9.17, 15) is 20.0 Å². The molecule has 2 aromatic carbocycles. The summed E-state index contributed by atoms with van der Waals surface area (Å²) in [5.74, 6) is -0.808. The van der Waals surface area contributed by atoms with Crippen LogP contribution >= 0.6 is 0 Å². The van der Waals surface area contributed by atoms with Crippen LogP contribution in [0.3, 0.4) is 0 Å². The molecule has 0 fully saturated rings. The highest BCUT2D eigenvalue weighted by Crippen LogP contribution is 2.25. The number of anilines is 1. The molecule has 0 saturated carbocycles. The van der Waals surface area contributed by atoms with Gasteiger partial charge in [-0.25, -0.2) is 5.43 Å². The number of para-hydroxylation sites is 1. The van der Waals surface area contributed by atoms with Crippen molar-refractivity contribution >= 4 is 23.5 Å². The lowest BCUT2D eigenvalue weighted by molar-refractivity contribution is -0.385. The molecule has 0 bridgehead atoms. The Labute approximate surface area is 138 Å². The highest BCUT2D eigenvalue weighted by atomic mass is 16.6. The Morgan fingerprint density at radius 2 is 2.08 bits per heavy atom. The van der Waals surface area contributed by atoms with Crippen molar-refractivity contribution in [2.45, 2.75) is 6.92 Å². The van der Waals surface area contributed by atoms with E-state index in [0.29, 0.717) is 5.56 Å². The first-order valence-corrected chi connectivity index (χ1v) is 7.06. The van der Waals surface area contributed by atoms with Gasteiger partial charge in [0.2, 0.25) is 0 Å². The molecule has 0 radical (unpaired) electrons. The number of nitro benzene ring substituents is 1. The summed E-state index contributed by atoms with van der Waals surface area (Å²) < 4.78 is 0. The summed E-state index contributed by atoms with van der Waals surface area (Å²) in [6.45, 7) is 1.98. The average molecular weight is 328 g/mol. The van der Waals surface area contributed by atoms with Crippen molar-refractivity contribution in [1.82, 2.24) is 5.43 Å². The maximum Gasteiger partial charge on any atom is 0.310 e. The van der Waals surface area contributed by atoms with Crippen molar-refractivity contribution in [1.29, 1.82) is 0 Å². The number of hydrogen-bond donors (Lipinski definition) is 3. The van der Waals surface area contributed by atoms with Crippen molar-refractivity contribution < 1.29 is 14.8 Å². The van der Waals surface area contributed by atoms with E-state index in [-0.39, 0.29) is 12.5 Å². The Hall–Kier alpha value is -3.42. The summed E-state index contributed by atoms with van der Waals surface area (Å²) in [5, 5.41) is 26.8. The Bertz CT molecular complexity index is 789. The van der Waals surface area contributed by atoms with Crippen LogP contribution in [0.15, 0.2) is 47.6 Å². The molecule has 124 valence electrons. The number of phenols is 1. The van der Waals surface area contributed by atoms with Crippen LogP contribution in [0.2, 0.25) is 0 Å². The van der Waals surface area contributed by atoms with E-state index in [1.807, 2.05) is 31.2 Å². The number of carbonyl (C=O) groups is 1. The summed E-state index contributed by atoms with van der Waals surface area (Å²) in [6.07, 6.45) is 1.29. The molecule has 3 N–H and O–H groups in total. The number of nitro groups is 1. The molecule has 0 saturated heterocycles. The highest BCUT2D eigenvalue weighted by molar-refractivity contribution is 5.85. The number of benzene rings is 2. The summed E-state index contributed by atoms with van der Waals surface area (Å²) in [4.78, 5) is 21.6. The summed E-state index contributed by atoms with van der Waals surface area (Å²) in [7, 11) is 0. The van der Waals surface area contributed by atoms with Crippen LogP contribution < -0.4 is 10.7 Å². The minimum Gasteiger partial charge on any atom is -0.502 e. The number of aryl methyl sites for hydroxylation is 1. The lowest BCUT2D eigenvalue weighted by Gasteiger charge is -2.07. The molecule has 2 rings (SSSR count). The maximum absolute atomic E-state index is 11.7. The van der Waals surface area contributed by atoms with Crippen LogP contribution in [0, 0.1) is 17.0 Å². The molecule has 0 spiro atoms. The fourth-order valence-corrected chi connectivity index (χ4v) is 1.94. The lowest BCUT2D eigenvalue weighted by atomic mass is 10.2. The number of carbonyl (C=O) groups excluding carboxylic acids is 1. The Balaban J connectivity index is 1.87. The molecule has 0 aliphatic carbocycles. The Morgan fingerprint density at radius 3 is 2.75 bits per heavy atom. The third kappa shape index (κ3) is 4.54. The minimum absolute atomic E-state index is 0.0493. The molecule has 0 atom stereocenters. The van der Waals surface area contributed by atoms with Gasteiger partial charge in [-0.2, -0.15) is 5.10 Å². The molecule has 0 aromatic heterocycles. The SMILES string of the molecule is Cc1ccccc1NCC(=O)N/N=C\c1ccc([N+](=O)[O-])c(O)c1. The predicted molar refractivity (Wildman–Crippen MR) is 90.2 cm³/mol. The second-order valence-electron chi connectivity index (χ2n) is 4.97. The second kappa shape index (κ2) is 7.73.